The first kappa shape index (κ1) is 21.0. The second-order valence-electron chi connectivity index (χ2n) is 7.27. The van der Waals surface area contributed by atoms with Crippen LogP contribution in [0.1, 0.15) is 12.5 Å². The van der Waals surface area contributed by atoms with E-state index in [2.05, 4.69) is 26.6 Å². The zero-order valence-electron chi connectivity index (χ0n) is 17.6. The Hall–Kier alpha value is -3.91. The highest BCUT2D eigenvalue weighted by Gasteiger charge is 2.20. The predicted molar refractivity (Wildman–Crippen MR) is 131 cm³/mol. The summed E-state index contributed by atoms with van der Waals surface area (Å²) < 4.78 is 12.2. The van der Waals surface area contributed by atoms with Crippen LogP contribution >= 0.6 is 15.9 Å². The van der Waals surface area contributed by atoms with Crippen molar-refractivity contribution in [3.63, 3.8) is 0 Å². The zero-order chi connectivity index (χ0) is 22.8. The number of rotatable bonds is 5. The lowest BCUT2D eigenvalue weighted by molar-refractivity contribution is 0.262. The van der Waals surface area contributed by atoms with Gasteiger partial charge in [0.2, 0.25) is 0 Å². The molecular weight excluding hydrogens is 484 g/mol. The minimum atomic E-state index is -0.335. The molecule has 33 heavy (non-hydrogen) atoms. The van der Waals surface area contributed by atoms with E-state index in [1.807, 2.05) is 61.5 Å². The normalized spacial score (nSPS) is 11.0. The number of fused-ring (bicyclic) bond motifs is 1. The molecule has 0 aliphatic heterocycles. The highest BCUT2D eigenvalue weighted by molar-refractivity contribution is 9.10. The van der Waals surface area contributed by atoms with Gasteiger partial charge >= 0.3 is 6.03 Å². The summed E-state index contributed by atoms with van der Waals surface area (Å²) in [7, 11) is 0. The molecule has 0 aliphatic carbocycles. The number of aryl methyl sites for hydroxylation is 1. The molecule has 0 spiro atoms. The third kappa shape index (κ3) is 4.25. The van der Waals surface area contributed by atoms with E-state index in [1.54, 1.807) is 18.6 Å². The average Bonchev–Trinajstić information content (AvgIpc) is 3.54. The second-order valence-corrected chi connectivity index (χ2v) is 8.19. The van der Waals surface area contributed by atoms with E-state index >= 15 is 0 Å². The van der Waals surface area contributed by atoms with Crippen LogP contribution < -0.4 is 10.6 Å². The van der Waals surface area contributed by atoms with Gasteiger partial charge in [0.05, 0.1) is 23.6 Å². The number of carbonyl (C=O) groups excluding carboxylic acids is 1. The number of anilines is 2. The number of benzene rings is 2. The third-order valence-corrected chi connectivity index (χ3v) is 5.68. The van der Waals surface area contributed by atoms with Crippen LogP contribution in [0.25, 0.3) is 33.9 Å². The number of hydrogen-bond acceptors (Lipinski definition) is 5. The van der Waals surface area contributed by atoms with Crippen molar-refractivity contribution >= 4 is 44.4 Å². The maximum absolute atomic E-state index is 12.6. The molecule has 0 saturated heterocycles. The van der Waals surface area contributed by atoms with Crippen molar-refractivity contribution in [3.8, 4) is 22.9 Å². The molecule has 5 aromatic rings. The molecule has 8 heteroatoms. The Morgan fingerprint density at radius 3 is 2.15 bits per heavy atom. The number of halogens is 1. The van der Waals surface area contributed by atoms with Crippen LogP contribution in [0, 0.1) is 0 Å². The third-order valence-electron chi connectivity index (χ3n) is 5.15. The van der Waals surface area contributed by atoms with Crippen molar-refractivity contribution in [2.45, 2.75) is 13.3 Å². The summed E-state index contributed by atoms with van der Waals surface area (Å²) in [6, 6.07) is 18.0. The molecule has 3 heterocycles. The SMILES string of the molecule is CCc1c(NC(=O)Nc2ccc(Br)cc2)ccc2nc(-c3ccco3)c(-c3ccco3)nc12. The van der Waals surface area contributed by atoms with E-state index in [4.69, 9.17) is 18.8 Å². The first-order valence-corrected chi connectivity index (χ1v) is 11.2. The van der Waals surface area contributed by atoms with Crippen LogP contribution in [0.2, 0.25) is 0 Å². The molecule has 3 aromatic heterocycles. The van der Waals surface area contributed by atoms with E-state index in [9.17, 15) is 4.79 Å². The summed E-state index contributed by atoms with van der Waals surface area (Å²) in [5, 5.41) is 5.79. The quantitative estimate of drug-likeness (QED) is 0.266. The van der Waals surface area contributed by atoms with Crippen molar-refractivity contribution in [3.05, 3.63) is 83.2 Å². The van der Waals surface area contributed by atoms with Crippen LogP contribution in [0.5, 0.6) is 0 Å². The standard InChI is InChI=1S/C25H19BrN4O3/c1-2-17-18(29-25(31)27-16-9-7-15(26)8-10-16)11-12-19-22(17)30-24(21-6-4-14-33-21)23(28-19)20-5-3-13-32-20/h3-14H,2H2,1H3,(H2,27,29,31). The molecule has 2 amide bonds. The number of amides is 2. The smallest absolute Gasteiger partial charge is 0.323 e. The molecular formula is C25H19BrN4O3. The van der Waals surface area contributed by atoms with Crippen LogP contribution in [-0.2, 0) is 6.42 Å². The number of hydrogen-bond donors (Lipinski definition) is 2. The van der Waals surface area contributed by atoms with E-state index in [0.717, 1.165) is 10.0 Å². The molecule has 0 unspecified atom stereocenters. The van der Waals surface area contributed by atoms with Gasteiger partial charge in [0, 0.05) is 21.4 Å². The topological polar surface area (TPSA) is 93.2 Å². The lowest BCUT2D eigenvalue weighted by Crippen LogP contribution is -2.20. The Morgan fingerprint density at radius 1 is 0.879 bits per heavy atom. The van der Waals surface area contributed by atoms with Crippen LogP contribution in [-0.4, -0.2) is 16.0 Å². The molecule has 7 nitrogen and oxygen atoms in total. The zero-order valence-corrected chi connectivity index (χ0v) is 19.2. The molecule has 2 N–H and O–H groups in total. The molecule has 0 bridgehead atoms. The van der Waals surface area contributed by atoms with E-state index in [0.29, 0.717) is 51.7 Å². The molecule has 0 saturated carbocycles. The van der Waals surface area contributed by atoms with Gasteiger partial charge in [-0.15, -0.1) is 0 Å². The Balaban J connectivity index is 1.55. The summed E-state index contributed by atoms with van der Waals surface area (Å²) >= 11 is 3.39. The highest BCUT2D eigenvalue weighted by atomic mass is 79.9. The fraction of sp³-hybridized carbons (Fsp3) is 0.0800. The van der Waals surface area contributed by atoms with Gasteiger partial charge in [-0.25, -0.2) is 14.8 Å². The number of furan rings is 2. The van der Waals surface area contributed by atoms with Gasteiger partial charge in [0.1, 0.15) is 11.4 Å². The number of nitrogens with zero attached hydrogens (tertiary/aromatic N) is 2. The second kappa shape index (κ2) is 8.91. The lowest BCUT2D eigenvalue weighted by atomic mass is 10.1. The van der Waals surface area contributed by atoms with Crippen molar-refractivity contribution in [1.29, 1.82) is 0 Å². The molecule has 0 aliphatic rings. The lowest BCUT2D eigenvalue weighted by Gasteiger charge is -2.14. The van der Waals surface area contributed by atoms with Gasteiger partial charge in [-0.1, -0.05) is 22.9 Å². The van der Waals surface area contributed by atoms with Gasteiger partial charge in [0.15, 0.2) is 11.5 Å². The van der Waals surface area contributed by atoms with Crippen LogP contribution in [0.3, 0.4) is 0 Å². The van der Waals surface area contributed by atoms with Crippen molar-refractivity contribution in [2.24, 2.45) is 0 Å². The highest BCUT2D eigenvalue weighted by Crippen LogP contribution is 2.34. The molecule has 164 valence electrons. The molecule has 5 rings (SSSR count). The summed E-state index contributed by atoms with van der Waals surface area (Å²) in [5.74, 6) is 1.19. The summed E-state index contributed by atoms with van der Waals surface area (Å²) in [6.45, 7) is 2.02. The van der Waals surface area contributed by atoms with Crippen molar-refractivity contribution in [1.82, 2.24) is 9.97 Å². The van der Waals surface area contributed by atoms with Crippen molar-refractivity contribution in [2.75, 3.05) is 10.6 Å². The Kier molecular flexibility index (Phi) is 5.66. The molecule has 0 radical (unpaired) electrons. The maximum Gasteiger partial charge on any atom is 0.323 e. The Bertz CT molecular complexity index is 1410. The largest absolute Gasteiger partial charge is 0.463 e. The number of urea groups is 1. The Morgan fingerprint density at radius 2 is 1.55 bits per heavy atom. The minimum Gasteiger partial charge on any atom is -0.463 e. The fourth-order valence-corrected chi connectivity index (χ4v) is 3.90. The van der Waals surface area contributed by atoms with Crippen LogP contribution in [0.4, 0.5) is 16.2 Å². The van der Waals surface area contributed by atoms with Gasteiger partial charge in [-0.05, 0) is 67.1 Å². The summed E-state index contributed by atoms with van der Waals surface area (Å²) in [6.07, 6.45) is 3.84. The summed E-state index contributed by atoms with van der Waals surface area (Å²) in [4.78, 5) is 22.4. The molecule has 0 fully saturated rings. The van der Waals surface area contributed by atoms with E-state index in [1.165, 1.54) is 0 Å². The van der Waals surface area contributed by atoms with Gasteiger partial charge in [0.25, 0.3) is 0 Å². The molecule has 2 aromatic carbocycles. The van der Waals surface area contributed by atoms with Crippen LogP contribution in [0.15, 0.2) is 86.5 Å². The van der Waals surface area contributed by atoms with Gasteiger partial charge in [-0.3, -0.25) is 0 Å². The van der Waals surface area contributed by atoms with Gasteiger partial charge in [-0.2, -0.15) is 0 Å². The van der Waals surface area contributed by atoms with E-state index < -0.39 is 0 Å². The van der Waals surface area contributed by atoms with E-state index in [-0.39, 0.29) is 6.03 Å². The number of carbonyl (C=O) groups is 1. The maximum atomic E-state index is 12.6. The first-order chi connectivity index (χ1) is 16.1. The predicted octanol–water partition coefficient (Wildman–Crippen LogP) is 7.12. The Labute approximate surface area is 198 Å². The minimum absolute atomic E-state index is 0.335. The molecule has 0 atom stereocenters. The van der Waals surface area contributed by atoms with Crippen molar-refractivity contribution < 1.29 is 13.6 Å². The number of nitrogens with one attached hydrogen (secondary N) is 2. The summed E-state index contributed by atoms with van der Waals surface area (Å²) in [5.41, 5.74) is 4.81. The first-order valence-electron chi connectivity index (χ1n) is 10.4. The fourth-order valence-electron chi connectivity index (χ4n) is 3.64. The monoisotopic (exact) mass is 502 g/mol. The average molecular weight is 503 g/mol. The van der Waals surface area contributed by atoms with Gasteiger partial charge < -0.3 is 19.5 Å². The number of aromatic nitrogens is 2.